The van der Waals surface area contributed by atoms with Crippen LogP contribution in [0.3, 0.4) is 0 Å². The van der Waals surface area contributed by atoms with Crippen molar-refractivity contribution in [2.75, 3.05) is 13.7 Å². The predicted molar refractivity (Wildman–Crippen MR) is 82.0 cm³/mol. The Morgan fingerprint density at radius 1 is 1.60 bits per heavy atom. The highest BCUT2D eigenvalue weighted by Crippen LogP contribution is 2.27. The highest BCUT2D eigenvalue weighted by atomic mass is 79.9. The lowest BCUT2D eigenvalue weighted by atomic mass is 10.1. The SMILES string of the molecule is COC(=O)COc1ccc(C=C(C#N)C(N)=S)cc1Br. The number of carbonyl (C=O) groups is 1. The first-order valence-corrected chi connectivity index (χ1v) is 6.58. The first kappa shape index (κ1) is 16.1. The number of nitrogens with two attached hydrogens (primary N) is 1. The minimum atomic E-state index is -0.471. The zero-order valence-electron chi connectivity index (χ0n) is 10.6. The van der Waals surface area contributed by atoms with Crippen molar-refractivity contribution in [3.63, 3.8) is 0 Å². The highest BCUT2D eigenvalue weighted by Gasteiger charge is 2.07. The molecule has 0 amide bonds. The van der Waals surface area contributed by atoms with Crippen LogP contribution in [0.1, 0.15) is 5.56 Å². The maximum absolute atomic E-state index is 11.0. The summed E-state index contributed by atoms with van der Waals surface area (Å²) < 4.78 is 10.4. The van der Waals surface area contributed by atoms with Crippen LogP contribution in [-0.2, 0) is 9.53 Å². The predicted octanol–water partition coefficient (Wildman–Crippen LogP) is 2.19. The van der Waals surface area contributed by atoms with E-state index in [4.69, 9.17) is 28.0 Å². The monoisotopic (exact) mass is 354 g/mol. The quantitative estimate of drug-likeness (QED) is 0.377. The largest absolute Gasteiger partial charge is 0.481 e. The van der Waals surface area contributed by atoms with E-state index in [1.807, 2.05) is 6.07 Å². The first-order chi connectivity index (χ1) is 9.47. The molecule has 0 aromatic heterocycles. The van der Waals surface area contributed by atoms with Crippen molar-refractivity contribution in [2.24, 2.45) is 5.73 Å². The van der Waals surface area contributed by atoms with Crippen molar-refractivity contribution < 1.29 is 14.3 Å². The standard InChI is InChI=1S/C13H11BrN2O3S/c1-18-12(17)7-19-11-3-2-8(5-10(11)14)4-9(6-15)13(16)20/h2-5H,7H2,1H3,(H2,16,20). The number of ether oxygens (including phenoxy) is 2. The van der Waals surface area contributed by atoms with Crippen molar-refractivity contribution in [3.8, 4) is 11.8 Å². The molecular formula is C13H11BrN2O3S. The summed E-state index contributed by atoms with van der Waals surface area (Å²) in [4.78, 5) is 11.0. The average Bonchev–Trinajstić information content (AvgIpc) is 2.42. The molecule has 1 aromatic carbocycles. The van der Waals surface area contributed by atoms with Gasteiger partial charge in [-0.2, -0.15) is 5.26 Å². The number of hydrogen-bond donors (Lipinski definition) is 1. The Hall–Kier alpha value is -1.91. The Morgan fingerprint density at radius 2 is 2.30 bits per heavy atom. The molecule has 5 nitrogen and oxygen atoms in total. The van der Waals surface area contributed by atoms with Gasteiger partial charge < -0.3 is 15.2 Å². The van der Waals surface area contributed by atoms with E-state index in [-0.39, 0.29) is 17.2 Å². The second-order valence-corrected chi connectivity index (χ2v) is 4.88. The van der Waals surface area contributed by atoms with Gasteiger partial charge in [0.15, 0.2) is 6.61 Å². The fourth-order valence-electron chi connectivity index (χ4n) is 1.24. The van der Waals surface area contributed by atoms with Crippen molar-refractivity contribution in [2.45, 2.75) is 0 Å². The lowest BCUT2D eigenvalue weighted by Gasteiger charge is -2.07. The number of methoxy groups -OCH3 is 1. The molecule has 0 radical (unpaired) electrons. The topological polar surface area (TPSA) is 85.3 Å². The van der Waals surface area contributed by atoms with Gasteiger partial charge in [0.1, 0.15) is 16.8 Å². The van der Waals surface area contributed by atoms with E-state index < -0.39 is 5.97 Å². The summed E-state index contributed by atoms with van der Waals surface area (Å²) in [5.41, 5.74) is 6.36. The molecule has 1 rings (SSSR count). The van der Waals surface area contributed by atoms with Gasteiger partial charge in [-0.15, -0.1) is 0 Å². The van der Waals surface area contributed by atoms with Crippen LogP contribution in [-0.4, -0.2) is 24.7 Å². The Labute approximate surface area is 130 Å². The number of nitriles is 1. The molecule has 0 aliphatic carbocycles. The number of halogens is 1. The minimum absolute atomic E-state index is 0.0367. The van der Waals surface area contributed by atoms with Crippen molar-refractivity contribution >= 4 is 45.2 Å². The minimum Gasteiger partial charge on any atom is -0.481 e. The van der Waals surface area contributed by atoms with Crippen LogP contribution in [0.4, 0.5) is 0 Å². The van der Waals surface area contributed by atoms with Gasteiger partial charge in [-0.1, -0.05) is 18.3 Å². The number of carbonyl (C=O) groups excluding carboxylic acids is 1. The fourth-order valence-corrected chi connectivity index (χ4v) is 1.86. The average molecular weight is 355 g/mol. The zero-order chi connectivity index (χ0) is 15.1. The summed E-state index contributed by atoms with van der Waals surface area (Å²) in [5.74, 6) is 0.0162. The van der Waals surface area contributed by atoms with E-state index in [1.54, 1.807) is 24.3 Å². The van der Waals surface area contributed by atoms with Gasteiger partial charge in [0, 0.05) is 0 Å². The Morgan fingerprint density at radius 3 is 2.80 bits per heavy atom. The van der Waals surface area contributed by atoms with E-state index in [0.29, 0.717) is 10.2 Å². The molecule has 0 fully saturated rings. The van der Waals surface area contributed by atoms with E-state index in [1.165, 1.54) is 7.11 Å². The smallest absolute Gasteiger partial charge is 0.343 e. The second-order valence-electron chi connectivity index (χ2n) is 3.59. The molecule has 0 heterocycles. The Bertz CT molecular complexity index is 608. The van der Waals surface area contributed by atoms with E-state index in [0.717, 1.165) is 5.56 Å². The number of nitrogens with zero attached hydrogens (tertiary/aromatic N) is 1. The maximum atomic E-state index is 11.0. The summed E-state index contributed by atoms with van der Waals surface area (Å²) in [7, 11) is 1.29. The van der Waals surface area contributed by atoms with Crippen LogP contribution < -0.4 is 10.5 Å². The third kappa shape index (κ3) is 4.64. The molecule has 0 aliphatic heterocycles. The molecule has 0 saturated heterocycles. The number of esters is 1. The molecular weight excluding hydrogens is 344 g/mol. The van der Waals surface area contributed by atoms with E-state index >= 15 is 0 Å². The third-order valence-electron chi connectivity index (χ3n) is 2.23. The van der Waals surface area contributed by atoms with E-state index in [2.05, 4.69) is 20.7 Å². The second kappa shape index (κ2) is 7.62. The van der Waals surface area contributed by atoms with Crippen LogP contribution in [0.25, 0.3) is 6.08 Å². The van der Waals surface area contributed by atoms with Gasteiger partial charge in [-0.3, -0.25) is 0 Å². The van der Waals surface area contributed by atoms with Gasteiger partial charge in [-0.25, -0.2) is 4.79 Å². The molecule has 1 aromatic rings. The van der Waals surface area contributed by atoms with Crippen LogP contribution in [0.2, 0.25) is 0 Å². The number of benzene rings is 1. The summed E-state index contributed by atoms with van der Waals surface area (Å²) in [5, 5.41) is 8.88. The van der Waals surface area contributed by atoms with Gasteiger partial charge >= 0.3 is 5.97 Å². The summed E-state index contributed by atoms with van der Waals surface area (Å²) >= 11 is 8.07. The van der Waals surface area contributed by atoms with Crippen molar-refractivity contribution in [1.29, 1.82) is 5.26 Å². The van der Waals surface area contributed by atoms with Gasteiger partial charge in [0.05, 0.1) is 17.2 Å². The lowest BCUT2D eigenvalue weighted by Crippen LogP contribution is -2.12. The molecule has 0 saturated carbocycles. The van der Waals surface area contributed by atoms with Crippen LogP contribution in [0.5, 0.6) is 5.75 Å². The van der Waals surface area contributed by atoms with Crippen molar-refractivity contribution in [1.82, 2.24) is 0 Å². The molecule has 0 spiro atoms. The molecule has 0 bridgehead atoms. The Kier molecular flexibility index (Phi) is 6.15. The number of hydrogen-bond acceptors (Lipinski definition) is 5. The van der Waals surface area contributed by atoms with Gasteiger partial charge in [0.2, 0.25) is 0 Å². The zero-order valence-corrected chi connectivity index (χ0v) is 13.0. The molecule has 2 N–H and O–H groups in total. The molecule has 0 atom stereocenters. The summed E-state index contributed by atoms with van der Waals surface area (Å²) in [6.45, 7) is -0.180. The molecule has 0 unspecified atom stereocenters. The molecule has 7 heteroatoms. The fraction of sp³-hybridized carbons (Fsp3) is 0.154. The molecule has 0 aliphatic rings. The van der Waals surface area contributed by atoms with Gasteiger partial charge in [0.25, 0.3) is 0 Å². The number of thiocarbonyl (C=S) groups is 1. The third-order valence-corrected chi connectivity index (χ3v) is 3.07. The highest BCUT2D eigenvalue weighted by molar-refractivity contribution is 9.10. The van der Waals surface area contributed by atoms with Gasteiger partial charge in [-0.05, 0) is 39.7 Å². The van der Waals surface area contributed by atoms with E-state index in [9.17, 15) is 4.79 Å². The number of rotatable bonds is 5. The summed E-state index contributed by atoms with van der Waals surface area (Å²) in [6.07, 6.45) is 1.57. The molecule has 20 heavy (non-hydrogen) atoms. The van der Waals surface area contributed by atoms with Crippen LogP contribution >= 0.6 is 28.1 Å². The summed E-state index contributed by atoms with van der Waals surface area (Å²) in [6, 6.07) is 7.02. The maximum Gasteiger partial charge on any atom is 0.343 e. The van der Waals surface area contributed by atoms with Crippen LogP contribution in [0, 0.1) is 11.3 Å². The first-order valence-electron chi connectivity index (χ1n) is 5.38. The van der Waals surface area contributed by atoms with Crippen LogP contribution in [0.15, 0.2) is 28.2 Å². The molecule has 104 valence electrons. The Balaban J connectivity index is 2.91. The van der Waals surface area contributed by atoms with Crippen molar-refractivity contribution in [3.05, 3.63) is 33.8 Å². The lowest BCUT2D eigenvalue weighted by molar-refractivity contribution is -0.142. The normalized spacial score (nSPS) is 10.6.